The van der Waals surface area contributed by atoms with Gasteiger partial charge in [0.05, 0.1) is 24.3 Å². The topological polar surface area (TPSA) is 140 Å². The monoisotopic (exact) mass is 470 g/mol. The molecule has 0 aromatic rings. The number of aliphatic hydroxyl groups excluding tert-OH is 1. The van der Waals surface area contributed by atoms with E-state index >= 15 is 0 Å². The fourth-order valence-corrected chi connectivity index (χ4v) is 5.40. The Balaban J connectivity index is 1.57. The van der Waals surface area contributed by atoms with Crippen molar-refractivity contribution >= 4 is 5.97 Å². The highest BCUT2D eigenvalue weighted by atomic mass is 16.4. The average molecular weight is 471 g/mol. The van der Waals surface area contributed by atoms with E-state index in [1.807, 2.05) is 0 Å². The zero-order valence-electron chi connectivity index (χ0n) is 21.0. The second-order valence-electron chi connectivity index (χ2n) is 11.0. The van der Waals surface area contributed by atoms with Gasteiger partial charge in [-0.05, 0) is 58.9 Å². The number of nitrogens with two attached hydrogens (primary N) is 1. The summed E-state index contributed by atoms with van der Waals surface area (Å²) in [4.78, 5) is 11.3. The Morgan fingerprint density at radius 2 is 1.82 bits per heavy atom. The standard InChI is InChI=1S/C25H50N4O4/c1-19-21(30)12-11-20(29-19)10-8-6-4-3-5-7-9-13-25(33,17-23(31)32)18-28-24(2)14-15-27-22(26)16-24/h19-22,27-30,33H,3-18,26H2,1-2H3,(H,31,32). The van der Waals surface area contributed by atoms with Gasteiger partial charge in [0.1, 0.15) is 0 Å². The molecule has 8 heteroatoms. The maximum Gasteiger partial charge on any atom is 0.306 e. The molecule has 8 N–H and O–H groups in total. The Morgan fingerprint density at radius 1 is 1.15 bits per heavy atom. The molecular weight excluding hydrogens is 420 g/mol. The summed E-state index contributed by atoms with van der Waals surface area (Å²) in [6, 6.07) is 0.755. The number of nitrogens with one attached hydrogen (secondary N) is 3. The third kappa shape index (κ3) is 11.0. The van der Waals surface area contributed by atoms with E-state index in [1.165, 1.54) is 32.1 Å². The van der Waals surface area contributed by atoms with Crippen LogP contribution in [0.1, 0.15) is 104 Å². The van der Waals surface area contributed by atoms with Gasteiger partial charge in [-0.25, -0.2) is 0 Å². The number of hydrogen-bond acceptors (Lipinski definition) is 7. The van der Waals surface area contributed by atoms with Crippen molar-refractivity contribution in [2.75, 3.05) is 13.1 Å². The van der Waals surface area contributed by atoms with Gasteiger partial charge >= 0.3 is 5.97 Å². The minimum atomic E-state index is -1.22. The van der Waals surface area contributed by atoms with E-state index in [0.717, 1.165) is 51.5 Å². The summed E-state index contributed by atoms with van der Waals surface area (Å²) in [5.41, 5.74) is 4.62. The lowest BCUT2D eigenvalue weighted by atomic mass is 9.86. The summed E-state index contributed by atoms with van der Waals surface area (Å²) < 4.78 is 0. The van der Waals surface area contributed by atoms with Crippen molar-refractivity contribution in [2.24, 2.45) is 5.73 Å². The lowest BCUT2D eigenvalue weighted by Crippen LogP contribution is -2.59. The molecule has 2 rings (SSSR count). The molecule has 0 radical (unpaired) electrons. The van der Waals surface area contributed by atoms with Crippen molar-refractivity contribution < 1.29 is 20.1 Å². The average Bonchev–Trinajstić information content (AvgIpc) is 2.73. The summed E-state index contributed by atoms with van der Waals surface area (Å²) in [6.07, 6.45) is 12.7. The maximum absolute atomic E-state index is 11.3. The number of hydrogen-bond donors (Lipinski definition) is 7. The van der Waals surface area contributed by atoms with Crippen LogP contribution in [0.3, 0.4) is 0 Å². The van der Waals surface area contributed by atoms with Crippen molar-refractivity contribution in [3.63, 3.8) is 0 Å². The van der Waals surface area contributed by atoms with Crippen LogP contribution >= 0.6 is 0 Å². The Kier molecular flexibility index (Phi) is 12.0. The molecule has 6 atom stereocenters. The summed E-state index contributed by atoms with van der Waals surface area (Å²) in [5.74, 6) is -0.956. The quantitative estimate of drug-likeness (QED) is 0.181. The normalized spacial score (nSPS) is 32.4. The summed E-state index contributed by atoms with van der Waals surface area (Å²) in [7, 11) is 0. The van der Waals surface area contributed by atoms with Crippen molar-refractivity contribution in [3.05, 3.63) is 0 Å². The second-order valence-corrected chi connectivity index (χ2v) is 11.0. The van der Waals surface area contributed by atoms with Crippen molar-refractivity contribution in [3.8, 4) is 0 Å². The van der Waals surface area contributed by atoms with Crippen molar-refractivity contribution in [2.45, 2.75) is 139 Å². The predicted molar refractivity (Wildman–Crippen MR) is 132 cm³/mol. The maximum atomic E-state index is 11.3. The van der Waals surface area contributed by atoms with Gasteiger partial charge < -0.3 is 37.0 Å². The Morgan fingerprint density at radius 3 is 2.45 bits per heavy atom. The van der Waals surface area contributed by atoms with E-state index in [0.29, 0.717) is 12.5 Å². The van der Waals surface area contributed by atoms with Gasteiger partial charge in [0.15, 0.2) is 0 Å². The van der Waals surface area contributed by atoms with Crippen LogP contribution in [0.15, 0.2) is 0 Å². The van der Waals surface area contributed by atoms with Gasteiger partial charge in [-0.1, -0.05) is 44.9 Å². The first kappa shape index (κ1) is 28.5. The van der Waals surface area contributed by atoms with Gasteiger partial charge in [0, 0.05) is 24.2 Å². The van der Waals surface area contributed by atoms with E-state index in [4.69, 9.17) is 5.73 Å². The molecule has 2 saturated heterocycles. The molecule has 0 spiro atoms. The number of β-amino-alcohol motifs (C(OH)–C–C–N with tert-alkyl or cyclic N) is 1. The smallest absolute Gasteiger partial charge is 0.306 e. The highest BCUT2D eigenvalue weighted by molar-refractivity contribution is 5.68. The molecule has 0 bridgehead atoms. The van der Waals surface area contributed by atoms with Crippen LogP contribution in [0.4, 0.5) is 0 Å². The molecule has 2 aliphatic heterocycles. The molecule has 0 saturated carbocycles. The minimum Gasteiger partial charge on any atom is -0.481 e. The number of rotatable bonds is 15. The first-order chi connectivity index (χ1) is 15.6. The predicted octanol–water partition coefficient (Wildman–Crippen LogP) is 2.22. The fourth-order valence-electron chi connectivity index (χ4n) is 5.40. The van der Waals surface area contributed by atoms with Crippen LogP contribution in [0, 0.1) is 0 Å². The molecule has 0 amide bonds. The largest absolute Gasteiger partial charge is 0.481 e. The molecule has 0 aromatic heterocycles. The van der Waals surface area contributed by atoms with Gasteiger partial charge in [0.25, 0.3) is 0 Å². The number of carboxylic acid groups (broad SMARTS) is 1. The van der Waals surface area contributed by atoms with E-state index in [-0.39, 0.29) is 36.8 Å². The lowest BCUT2D eigenvalue weighted by Gasteiger charge is -2.41. The van der Waals surface area contributed by atoms with Crippen LogP contribution < -0.4 is 21.7 Å². The zero-order chi connectivity index (χ0) is 24.3. The van der Waals surface area contributed by atoms with Gasteiger partial charge in [0.2, 0.25) is 0 Å². The van der Waals surface area contributed by atoms with Gasteiger partial charge in [-0.3, -0.25) is 4.79 Å². The summed E-state index contributed by atoms with van der Waals surface area (Å²) in [5, 5.41) is 40.3. The van der Waals surface area contributed by atoms with E-state index in [9.17, 15) is 20.1 Å². The number of carbonyl (C=O) groups is 1. The molecular formula is C25H50N4O4. The number of aliphatic carboxylic acids is 1. The van der Waals surface area contributed by atoms with Crippen LogP contribution in [-0.2, 0) is 4.79 Å². The Hall–Kier alpha value is -0.770. The highest BCUT2D eigenvalue weighted by Crippen LogP contribution is 2.24. The summed E-state index contributed by atoms with van der Waals surface area (Å²) >= 11 is 0. The number of unbranched alkanes of at least 4 members (excludes halogenated alkanes) is 6. The first-order valence-electron chi connectivity index (χ1n) is 13.2. The molecule has 33 heavy (non-hydrogen) atoms. The Bertz CT molecular complexity index is 581. The zero-order valence-corrected chi connectivity index (χ0v) is 21.0. The second kappa shape index (κ2) is 14.0. The molecule has 2 heterocycles. The third-order valence-corrected chi connectivity index (χ3v) is 7.66. The minimum absolute atomic E-state index is 0.0702. The number of piperidine rings is 2. The Labute approximate surface area is 200 Å². The molecule has 2 aliphatic rings. The van der Waals surface area contributed by atoms with Gasteiger partial charge in [-0.2, -0.15) is 0 Å². The molecule has 194 valence electrons. The number of aliphatic hydroxyl groups is 2. The van der Waals surface area contributed by atoms with E-state index < -0.39 is 11.6 Å². The van der Waals surface area contributed by atoms with Crippen molar-refractivity contribution in [1.29, 1.82) is 0 Å². The SMILES string of the molecule is CC1NC(CCCCCCCCCC(O)(CNC2(C)CCNC(N)C2)CC(=O)O)CCC1O. The van der Waals surface area contributed by atoms with Crippen LogP contribution in [0.25, 0.3) is 0 Å². The molecule has 0 aromatic carbocycles. The van der Waals surface area contributed by atoms with Crippen LogP contribution in [0.5, 0.6) is 0 Å². The molecule has 0 aliphatic carbocycles. The van der Waals surface area contributed by atoms with Gasteiger partial charge in [-0.15, -0.1) is 0 Å². The lowest BCUT2D eigenvalue weighted by molar-refractivity contribution is -0.143. The van der Waals surface area contributed by atoms with E-state index in [2.05, 4.69) is 29.8 Å². The first-order valence-corrected chi connectivity index (χ1v) is 13.2. The molecule has 2 fully saturated rings. The van der Waals surface area contributed by atoms with Crippen LogP contribution in [-0.4, -0.2) is 69.9 Å². The highest BCUT2D eigenvalue weighted by Gasteiger charge is 2.35. The van der Waals surface area contributed by atoms with Crippen molar-refractivity contribution in [1.82, 2.24) is 16.0 Å². The summed E-state index contributed by atoms with van der Waals surface area (Å²) in [6.45, 7) is 5.27. The molecule has 6 unspecified atom stereocenters. The number of carboxylic acids is 1. The van der Waals surface area contributed by atoms with Crippen LogP contribution in [0.2, 0.25) is 0 Å². The molecule has 8 nitrogen and oxygen atoms in total. The third-order valence-electron chi connectivity index (χ3n) is 7.66. The van der Waals surface area contributed by atoms with E-state index in [1.54, 1.807) is 0 Å². The fraction of sp³-hybridized carbons (Fsp3) is 0.960.